The molecular weight excluding hydrogens is 420 g/mol. The van der Waals surface area contributed by atoms with Crippen molar-refractivity contribution in [2.45, 2.75) is 57.0 Å². The van der Waals surface area contributed by atoms with Crippen LogP contribution in [-0.2, 0) is 14.3 Å². The summed E-state index contributed by atoms with van der Waals surface area (Å²) >= 11 is 0. The standard InChI is InChI=1S/C26H30N2O5/c1-16(13-24(29)28-23-12-6-7-17(23)14-25(30)31)27-26(32)33-15-22-20-10-4-2-8-18(20)19-9-3-5-11-21(19)22/h2-5,8-11,16-17,22-23H,6-7,12-15H2,1H3,(H,27,32)(H,28,29)(H,30,31)/t16-,17?,23?/m1/s1. The van der Waals surface area contributed by atoms with Crippen LogP contribution in [0.25, 0.3) is 11.1 Å². The third kappa shape index (κ3) is 5.35. The summed E-state index contributed by atoms with van der Waals surface area (Å²) in [5.41, 5.74) is 4.62. The zero-order valence-electron chi connectivity index (χ0n) is 18.8. The van der Waals surface area contributed by atoms with Crippen molar-refractivity contribution in [2.75, 3.05) is 6.61 Å². The van der Waals surface area contributed by atoms with Gasteiger partial charge in [0.1, 0.15) is 6.61 Å². The molecule has 7 nitrogen and oxygen atoms in total. The average Bonchev–Trinajstić information content (AvgIpc) is 3.33. The van der Waals surface area contributed by atoms with Gasteiger partial charge in [-0.05, 0) is 47.9 Å². The summed E-state index contributed by atoms with van der Waals surface area (Å²) in [4.78, 5) is 35.8. The number of carboxylic acid groups (broad SMARTS) is 1. The van der Waals surface area contributed by atoms with Crippen molar-refractivity contribution in [1.82, 2.24) is 10.6 Å². The smallest absolute Gasteiger partial charge is 0.407 e. The zero-order valence-corrected chi connectivity index (χ0v) is 18.8. The van der Waals surface area contributed by atoms with E-state index >= 15 is 0 Å². The van der Waals surface area contributed by atoms with Crippen molar-refractivity contribution in [3.05, 3.63) is 59.7 Å². The third-order valence-corrected chi connectivity index (χ3v) is 6.64. The Kier molecular flexibility index (Phi) is 6.96. The Bertz CT molecular complexity index is 991. The highest BCUT2D eigenvalue weighted by atomic mass is 16.5. The number of ether oxygens (including phenoxy) is 1. The summed E-state index contributed by atoms with van der Waals surface area (Å²) in [6, 6.07) is 15.8. The second kappa shape index (κ2) is 10.1. The average molecular weight is 451 g/mol. The van der Waals surface area contributed by atoms with Crippen LogP contribution >= 0.6 is 0 Å². The number of alkyl carbamates (subject to hydrolysis) is 1. The van der Waals surface area contributed by atoms with Gasteiger partial charge in [0, 0.05) is 24.4 Å². The zero-order chi connectivity index (χ0) is 23.4. The summed E-state index contributed by atoms with van der Waals surface area (Å²) in [5.74, 6) is -1.08. The van der Waals surface area contributed by atoms with Crippen molar-refractivity contribution in [2.24, 2.45) is 5.92 Å². The lowest BCUT2D eigenvalue weighted by Gasteiger charge is -2.21. The number of carbonyl (C=O) groups is 3. The number of carboxylic acids is 1. The van der Waals surface area contributed by atoms with Crippen molar-refractivity contribution in [1.29, 1.82) is 0 Å². The van der Waals surface area contributed by atoms with Gasteiger partial charge in [-0.1, -0.05) is 55.0 Å². The van der Waals surface area contributed by atoms with Gasteiger partial charge in [0.15, 0.2) is 0 Å². The minimum Gasteiger partial charge on any atom is -0.481 e. The van der Waals surface area contributed by atoms with Gasteiger partial charge in [0.2, 0.25) is 5.91 Å². The lowest BCUT2D eigenvalue weighted by atomic mass is 9.98. The van der Waals surface area contributed by atoms with Gasteiger partial charge in [-0.3, -0.25) is 9.59 Å². The summed E-state index contributed by atoms with van der Waals surface area (Å²) < 4.78 is 5.54. The first kappa shape index (κ1) is 22.8. The molecule has 0 bridgehead atoms. The van der Waals surface area contributed by atoms with Gasteiger partial charge in [-0.15, -0.1) is 0 Å². The first-order chi connectivity index (χ1) is 15.9. The fraction of sp³-hybridized carbons (Fsp3) is 0.423. The van der Waals surface area contributed by atoms with E-state index in [0.29, 0.717) is 0 Å². The number of amides is 2. The number of fused-ring (bicyclic) bond motifs is 3. The Morgan fingerprint density at radius 3 is 2.30 bits per heavy atom. The number of nitrogens with one attached hydrogen (secondary N) is 2. The van der Waals surface area contributed by atoms with E-state index in [2.05, 4.69) is 34.9 Å². The van der Waals surface area contributed by atoms with Crippen LogP contribution in [0.3, 0.4) is 0 Å². The highest BCUT2D eigenvalue weighted by molar-refractivity contribution is 5.80. The predicted molar refractivity (Wildman–Crippen MR) is 124 cm³/mol. The number of hydrogen-bond donors (Lipinski definition) is 3. The first-order valence-electron chi connectivity index (χ1n) is 11.5. The molecule has 1 saturated carbocycles. The summed E-state index contributed by atoms with van der Waals surface area (Å²) in [6.45, 7) is 1.97. The van der Waals surface area contributed by atoms with E-state index in [-0.39, 0.29) is 43.2 Å². The van der Waals surface area contributed by atoms with Gasteiger partial charge in [0.05, 0.1) is 6.42 Å². The molecule has 2 aromatic rings. The molecule has 2 amide bonds. The van der Waals surface area contributed by atoms with Crippen LogP contribution in [0.2, 0.25) is 0 Å². The van der Waals surface area contributed by atoms with Gasteiger partial charge in [-0.2, -0.15) is 0 Å². The van der Waals surface area contributed by atoms with Gasteiger partial charge < -0.3 is 20.5 Å². The largest absolute Gasteiger partial charge is 0.481 e. The number of carbonyl (C=O) groups excluding carboxylic acids is 2. The number of benzene rings is 2. The lowest BCUT2D eigenvalue weighted by Crippen LogP contribution is -2.42. The molecule has 2 unspecified atom stereocenters. The Hall–Kier alpha value is -3.35. The monoisotopic (exact) mass is 450 g/mol. The topological polar surface area (TPSA) is 105 Å². The molecule has 2 aliphatic rings. The molecular formula is C26H30N2O5. The molecule has 1 fully saturated rings. The number of rotatable bonds is 8. The molecule has 0 aliphatic heterocycles. The molecule has 174 valence electrons. The van der Waals surface area contributed by atoms with Crippen LogP contribution < -0.4 is 10.6 Å². The molecule has 0 saturated heterocycles. The Morgan fingerprint density at radius 2 is 1.67 bits per heavy atom. The Labute approximate surface area is 193 Å². The molecule has 2 aromatic carbocycles. The SMILES string of the molecule is C[C@H](CC(=O)NC1CCCC1CC(=O)O)NC(=O)OCC1c2ccccc2-c2ccccc21. The summed E-state index contributed by atoms with van der Waals surface area (Å²) in [7, 11) is 0. The van der Waals surface area contributed by atoms with E-state index in [1.807, 2.05) is 24.3 Å². The number of aliphatic carboxylic acids is 1. The molecule has 7 heteroatoms. The molecule has 3 atom stereocenters. The van der Waals surface area contributed by atoms with Crippen molar-refractivity contribution in [3.8, 4) is 11.1 Å². The van der Waals surface area contributed by atoms with Gasteiger partial charge in [-0.25, -0.2) is 4.79 Å². The van der Waals surface area contributed by atoms with Crippen LogP contribution in [0.15, 0.2) is 48.5 Å². The van der Waals surface area contributed by atoms with Crippen molar-refractivity contribution >= 4 is 18.0 Å². The van der Waals surface area contributed by atoms with Gasteiger partial charge in [0.25, 0.3) is 0 Å². The normalized spacial score (nSPS) is 19.9. The molecule has 33 heavy (non-hydrogen) atoms. The molecule has 3 N–H and O–H groups in total. The molecule has 0 aromatic heterocycles. The van der Waals surface area contributed by atoms with Crippen LogP contribution in [0.5, 0.6) is 0 Å². The fourth-order valence-electron chi connectivity index (χ4n) is 5.13. The second-order valence-corrected chi connectivity index (χ2v) is 9.04. The highest BCUT2D eigenvalue weighted by Crippen LogP contribution is 2.44. The van der Waals surface area contributed by atoms with Crippen LogP contribution in [0.4, 0.5) is 4.79 Å². The van der Waals surface area contributed by atoms with E-state index in [1.165, 1.54) is 11.1 Å². The molecule has 2 aliphatic carbocycles. The quantitative estimate of drug-likeness (QED) is 0.563. The third-order valence-electron chi connectivity index (χ3n) is 6.64. The molecule has 4 rings (SSSR count). The minimum atomic E-state index is -0.841. The second-order valence-electron chi connectivity index (χ2n) is 9.04. The maximum absolute atomic E-state index is 12.4. The summed E-state index contributed by atoms with van der Waals surface area (Å²) in [6.07, 6.45) is 2.14. The van der Waals surface area contributed by atoms with E-state index < -0.39 is 18.1 Å². The summed E-state index contributed by atoms with van der Waals surface area (Å²) in [5, 5.41) is 14.7. The lowest BCUT2D eigenvalue weighted by molar-refractivity contribution is -0.138. The fourth-order valence-corrected chi connectivity index (χ4v) is 5.13. The van der Waals surface area contributed by atoms with E-state index in [4.69, 9.17) is 9.84 Å². The first-order valence-corrected chi connectivity index (χ1v) is 11.5. The molecule has 0 radical (unpaired) electrons. The highest BCUT2D eigenvalue weighted by Gasteiger charge is 2.31. The van der Waals surface area contributed by atoms with E-state index in [9.17, 15) is 14.4 Å². The van der Waals surface area contributed by atoms with Gasteiger partial charge >= 0.3 is 12.1 Å². The van der Waals surface area contributed by atoms with Crippen molar-refractivity contribution < 1.29 is 24.2 Å². The Morgan fingerprint density at radius 1 is 1.03 bits per heavy atom. The molecule has 0 heterocycles. The maximum Gasteiger partial charge on any atom is 0.407 e. The van der Waals surface area contributed by atoms with Crippen LogP contribution in [-0.4, -0.2) is 41.8 Å². The van der Waals surface area contributed by atoms with Crippen LogP contribution in [0.1, 0.15) is 56.1 Å². The number of hydrogen-bond acceptors (Lipinski definition) is 4. The van der Waals surface area contributed by atoms with E-state index in [0.717, 1.165) is 30.4 Å². The molecule has 0 spiro atoms. The van der Waals surface area contributed by atoms with E-state index in [1.54, 1.807) is 6.92 Å². The Balaban J connectivity index is 1.26. The minimum absolute atomic E-state index is 0.0183. The maximum atomic E-state index is 12.4. The van der Waals surface area contributed by atoms with Crippen LogP contribution in [0, 0.1) is 5.92 Å². The predicted octanol–water partition coefficient (Wildman–Crippen LogP) is 4.06. The van der Waals surface area contributed by atoms with Crippen molar-refractivity contribution in [3.63, 3.8) is 0 Å².